The summed E-state index contributed by atoms with van der Waals surface area (Å²) in [5.74, 6) is 0. The van der Waals surface area contributed by atoms with E-state index in [2.05, 4.69) is 89.9 Å². The minimum Gasteiger partial charge on any atom is -0.255 e. The van der Waals surface area contributed by atoms with Gasteiger partial charge in [0.15, 0.2) is 0 Å². The second-order valence-corrected chi connectivity index (χ2v) is 7.53. The molecule has 0 fully saturated rings. The summed E-state index contributed by atoms with van der Waals surface area (Å²) < 4.78 is 0. The summed E-state index contributed by atoms with van der Waals surface area (Å²) in [5, 5.41) is 0. The number of aliphatic imine (C=N–C) groups is 1. The van der Waals surface area contributed by atoms with Crippen molar-refractivity contribution in [1.29, 1.82) is 0 Å². The van der Waals surface area contributed by atoms with E-state index in [1.54, 1.807) is 6.20 Å². The molecule has 0 saturated heterocycles. The van der Waals surface area contributed by atoms with Gasteiger partial charge in [-0.3, -0.25) is 9.98 Å². The summed E-state index contributed by atoms with van der Waals surface area (Å²) in [6, 6.07) is 41.7. The van der Waals surface area contributed by atoms with Gasteiger partial charge in [-0.05, 0) is 46.5 Å². The van der Waals surface area contributed by atoms with Crippen LogP contribution in [0, 0.1) is 0 Å². The van der Waals surface area contributed by atoms with Crippen molar-refractivity contribution in [3.8, 4) is 33.4 Å². The van der Waals surface area contributed by atoms with Gasteiger partial charge in [-0.15, -0.1) is 12.4 Å². The van der Waals surface area contributed by atoms with Crippen LogP contribution in [0.4, 0.5) is 5.69 Å². The second kappa shape index (κ2) is 12.1. The topological polar surface area (TPSA) is 25.2 Å². The molecule has 0 radical (unpaired) electrons. The Labute approximate surface area is 217 Å². The molecule has 34 heavy (non-hydrogen) atoms. The number of rotatable bonds is 5. The molecule has 0 aliphatic rings. The number of nitrogens with zero attached hydrogens (tertiary/aromatic N) is 2. The van der Waals surface area contributed by atoms with Crippen LogP contribution in [0.25, 0.3) is 33.4 Å². The Balaban J connectivity index is 0.00000162. The van der Waals surface area contributed by atoms with Crippen LogP contribution in [0.1, 0.15) is 5.69 Å². The monoisotopic (exact) mass is 502 g/mol. The Morgan fingerprint density at radius 3 is 1.47 bits per heavy atom. The Hall–Kier alpha value is -3.49. The molecular weight excluding hydrogens is 480 g/mol. The van der Waals surface area contributed by atoms with Crippen molar-refractivity contribution in [1.82, 2.24) is 4.98 Å². The van der Waals surface area contributed by atoms with E-state index in [0.29, 0.717) is 0 Å². The van der Waals surface area contributed by atoms with Crippen LogP contribution in [0.15, 0.2) is 133 Å². The standard InChI is InChI=1S/C30H22N2.ClH.Fe/c1-4-12-23(13-5-1)26-20-28(24-14-6-2-7-15-24)30(32-22-27-18-10-11-19-31-27)29(21-26)25-16-8-3-9-17-25;;/h1-22H;1H;/b32-22+;;. The molecule has 0 aliphatic carbocycles. The minimum atomic E-state index is 0. The summed E-state index contributed by atoms with van der Waals surface area (Å²) in [5.41, 5.74) is 8.58. The molecular formula is C30H23ClFeN2. The molecule has 0 atom stereocenters. The third kappa shape index (κ3) is 5.70. The number of hydrogen-bond acceptors (Lipinski definition) is 2. The molecule has 0 bridgehead atoms. The van der Waals surface area contributed by atoms with Gasteiger partial charge >= 0.3 is 0 Å². The van der Waals surface area contributed by atoms with Gasteiger partial charge in [-0.25, -0.2) is 0 Å². The van der Waals surface area contributed by atoms with E-state index in [4.69, 9.17) is 4.99 Å². The van der Waals surface area contributed by atoms with Gasteiger partial charge in [-0.2, -0.15) is 0 Å². The largest absolute Gasteiger partial charge is 0.255 e. The maximum Gasteiger partial charge on any atom is 0.0812 e. The number of pyridine rings is 1. The fourth-order valence-electron chi connectivity index (χ4n) is 3.83. The summed E-state index contributed by atoms with van der Waals surface area (Å²) in [6.07, 6.45) is 3.63. The summed E-state index contributed by atoms with van der Waals surface area (Å²) in [4.78, 5) is 9.39. The predicted molar refractivity (Wildman–Crippen MR) is 141 cm³/mol. The number of hydrogen-bond donors (Lipinski definition) is 0. The van der Waals surface area contributed by atoms with Crippen molar-refractivity contribution in [2.24, 2.45) is 4.99 Å². The fraction of sp³-hybridized carbons (Fsp3) is 0. The van der Waals surface area contributed by atoms with Crippen molar-refractivity contribution in [3.05, 3.63) is 133 Å². The first-order valence-electron chi connectivity index (χ1n) is 10.7. The summed E-state index contributed by atoms with van der Waals surface area (Å²) >= 11 is 0. The van der Waals surface area contributed by atoms with Gasteiger partial charge in [0.25, 0.3) is 0 Å². The van der Waals surface area contributed by atoms with Gasteiger partial charge in [0, 0.05) is 34.4 Å². The number of aromatic nitrogens is 1. The first-order chi connectivity index (χ1) is 15.9. The van der Waals surface area contributed by atoms with Gasteiger partial charge in [-0.1, -0.05) is 97.1 Å². The Kier molecular flexibility index (Phi) is 8.95. The molecule has 0 spiro atoms. The smallest absolute Gasteiger partial charge is 0.0812 e. The average molecular weight is 503 g/mol. The quantitative estimate of drug-likeness (QED) is 0.175. The van der Waals surface area contributed by atoms with Gasteiger partial charge in [0.1, 0.15) is 0 Å². The van der Waals surface area contributed by atoms with Crippen molar-refractivity contribution >= 4 is 24.3 Å². The third-order valence-corrected chi connectivity index (χ3v) is 5.40. The number of benzene rings is 4. The normalized spacial score (nSPS) is 10.4. The van der Waals surface area contributed by atoms with Crippen molar-refractivity contribution in [2.45, 2.75) is 0 Å². The van der Waals surface area contributed by atoms with Crippen LogP contribution in [-0.4, -0.2) is 11.2 Å². The van der Waals surface area contributed by atoms with Gasteiger partial charge in [0.05, 0.1) is 17.6 Å². The van der Waals surface area contributed by atoms with E-state index in [0.717, 1.165) is 33.6 Å². The van der Waals surface area contributed by atoms with Crippen LogP contribution >= 0.6 is 12.4 Å². The predicted octanol–water partition coefficient (Wildman–Crippen LogP) is 8.25. The first kappa shape index (κ1) is 25.1. The Morgan fingerprint density at radius 2 is 1.00 bits per heavy atom. The molecule has 0 amide bonds. The van der Waals surface area contributed by atoms with Crippen LogP contribution in [0.3, 0.4) is 0 Å². The van der Waals surface area contributed by atoms with E-state index < -0.39 is 0 Å². The molecule has 168 valence electrons. The van der Waals surface area contributed by atoms with Crippen molar-refractivity contribution < 1.29 is 17.1 Å². The molecule has 0 N–H and O–H groups in total. The first-order valence-corrected chi connectivity index (χ1v) is 10.7. The molecule has 0 saturated carbocycles. The van der Waals surface area contributed by atoms with Gasteiger partial charge < -0.3 is 0 Å². The molecule has 0 aliphatic heterocycles. The molecule has 5 aromatic rings. The van der Waals surface area contributed by atoms with E-state index >= 15 is 0 Å². The Bertz CT molecular complexity index is 1280. The third-order valence-electron chi connectivity index (χ3n) is 5.40. The zero-order chi connectivity index (χ0) is 21.6. The van der Waals surface area contributed by atoms with E-state index in [-0.39, 0.29) is 29.5 Å². The van der Waals surface area contributed by atoms with Gasteiger partial charge in [0.2, 0.25) is 0 Å². The second-order valence-electron chi connectivity index (χ2n) is 7.53. The molecule has 1 heterocycles. The minimum absolute atomic E-state index is 0. The average Bonchev–Trinajstić information content (AvgIpc) is 2.89. The van der Waals surface area contributed by atoms with Crippen molar-refractivity contribution in [3.63, 3.8) is 0 Å². The molecule has 5 rings (SSSR count). The molecule has 4 aromatic carbocycles. The van der Waals surface area contributed by atoms with Crippen LogP contribution in [-0.2, 0) is 17.1 Å². The maximum atomic E-state index is 4.98. The van der Waals surface area contributed by atoms with E-state index in [1.807, 2.05) is 42.6 Å². The molecule has 2 nitrogen and oxygen atoms in total. The number of halogens is 1. The van der Waals surface area contributed by atoms with Crippen LogP contribution in [0.2, 0.25) is 0 Å². The fourth-order valence-corrected chi connectivity index (χ4v) is 3.83. The van der Waals surface area contributed by atoms with Crippen molar-refractivity contribution in [2.75, 3.05) is 0 Å². The summed E-state index contributed by atoms with van der Waals surface area (Å²) in [6.45, 7) is 0. The van der Waals surface area contributed by atoms with Crippen LogP contribution in [0.5, 0.6) is 0 Å². The zero-order valence-electron chi connectivity index (χ0n) is 18.4. The maximum absolute atomic E-state index is 4.98. The summed E-state index contributed by atoms with van der Waals surface area (Å²) in [7, 11) is 0. The molecule has 4 heteroatoms. The van der Waals surface area contributed by atoms with E-state index in [1.165, 1.54) is 11.1 Å². The SMILES string of the molecule is C(=N\c1c(-c2ccccc2)cc(-c2ccccc2)cc1-c1ccccc1)/c1ccccn1.Cl.[Fe]. The van der Waals surface area contributed by atoms with E-state index in [9.17, 15) is 0 Å². The Morgan fingerprint density at radius 1 is 0.529 bits per heavy atom. The molecule has 1 aromatic heterocycles. The zero-order valence-corrected chi connectivity index (χ0v) is 20.3. The molecule has 0 unspecified atom stereocenters. The van der Waals surface area contributed by atoms with Crippen LogP contribution < -0.4 is 0 Å².